The second kappa shape index (κ2) is 5.17. The van der Waals surface area contributed by atoms with E-state index in [9.17, 15) is 0 Å². The van der Waals surface area contributed by atoms with Gasteiger partial charge in [0.15, 0.2) is 5.82 Å². The molecule has 20 heavy (non-hydrogen) atoms. The van der Waals surface area contributed by atoms with Gasteiger partial charge in [-0.3, -0.25) is 9.97 Å². The summed E-state index contributed by atoms with van der Waals surface area (Å²) >= 11 is 0. The Morgan fingerprint density at radius 2 is 1.15 bits per heavy atom. The SMILES string of the molecule is Cc1ccc(-c2cnc(-c3ccc(C)cn3)nc2)nc1. The van der Waals surface area contributed by atoms with E-state index in [-0.39, 0.29) is 0 Å². The van der Waals surface area contributed by atoms with Crippen LogP contribution in [0.4, 0.5) is 0 Å². The molecule has 3 rings (SSSR count). The van der Waals surface area contributed by atoms with Crippen LogP contribution in [0.3, 0.4) is 0 Å². The predicted octanol–water partition coefficient (Wildman–Crippen LogP) is 3.22. The summed E-state index contributed by atoms with van der Waals surface area (Å²) in [6, 6.07) is 7.92. The Kier molecular flexibility index (Phi) is 3.21. The van der Waals surface area contributed by atoms with Crippen molar-refractivity contribution in [2.75, 3.05) is 0 Å². The van der Waals surface area contributed by atoms with Gasteiger partial charge in [0.1, 0.15) is 5.69 Å². The fourth-order valence-electron chi connectivity index (χ4n) is 1.83. The van der Waals surface area contributed by atoms with E-state index in [2.05, 4.69) is 19.9 Å². The highest BCUT2D eigenvalue weighted by molar-refractivity contribution is 5.59. The van der Waals surface area contributed by atoms with Crippen LogP contribution in [-0.2, 0) is 0 Å². The maximum absolute atomic E-state index is 4.37. The van der Waals surface area contributed by atoms with Gasteiger partial charge in [-0.2, -0.15) is 0 Å². The van der Waals surface area contributed by atoms with Crippen LogP contribution in [0.25, 0.3) is 22.8 Å². The van der Waals surface area contributed by atoms with Gasteiger partial charge in [-0.15, -0.1) is 0 Å². The Labute approximate surface area is 117 Å². The van der Waals surface area contributed by atoms with E-state index in [1.165, 1.54) is 0 Å². The van der Waals surface area contributed by atoms with Crippen molar-refractivity contribution in [1.29, 1.82) is 0 Å². The van der Waals surface area contributed by atoms with Crippen molar-refractivity contribution in [2.45, 2.75) is 13.8 Å². The summed E-state index contributed by atoms with van der Waals surface area (Å²) in [5, 5.41) is 0. The highest BCUT2D eigenvalue weighted by Gasteiger charge is 2.04. The Balaban J connectivity index is 1.91. The number of rotatable bonds is 2. The molecule has 0 aliphatic heterocycles. The lowest BCUT2D eigenvalue weighted by molar-refractivity contribution is 1.13. The van der Waals surface area contributed by atoms with Crippen molar-refractivity contribution in [1.82, 2.24) is 19.9 Å². The standard InChI is InChI=1S/C16H14N4/c1-11-3-5-14(17-7-11)13-9-19-16(20-10-13)15-6-4-12(2)8-18-15/h3-10H,1-2H3. The smallest absolute Gasteiger partial charge is 0.178 e. The van der Waals surface area contributed by atoms with Gasteiger partial charge < -0.3 is 0 Å². The molecule has 0 aliphatic carbocycles. The monoisotopic (exact) mass is 262 g/mol. The first kappa shape index (κ1) is 12.4. The van der Waals surface area contributed by atoms with Crippen molar-refractivity contribution in [3.63, 3.8) is 0 Å². The first-order valence-electron chi connectivity index (χ1n) is 6.40. The molecule has 4 nitrogen and oxygen atoms in total. The third-order valence-electron chi connectivity index (χ3n) is 3.00. The van der Waals surface area contributed by atoms with Crippen molar-refractivity contribution in [3.8, 4) is 22.8 Å². The van der Waals surface area contributed by atoms with Crippen LogP contribution in [0.2, 0.25) is 0 Å². The number of nitrogens with zero attached hydrogens (tertiary/aromatic N) is 4. The van der Waals surface area contributed by atoms with Gasteiger partial charge in [-0.25, -0.2) is 9.97 Å². The summed E-state index contributed by atoms with van der Waals surface area (Å²) in [5.74, 6) is 0.626. The van der Waals surface area contributed by atoms with E-state index < -0.39 is 0 Å². The summed E-state index contributed by atoms with van der Waals surface area (Å²) in [5.41, 5.74) is 4.81. The highest BCUT2D eigenvalue weighted by atomic mass is 14.9. The number of hydrogen-bond acceptors (Lipinski definition) is 4. The van der Waals surface area contributed by atoms with Crippen molar-refractivity contribution in [3.05, 3.63) is 60.2 Å². The zero-order valence-corrected chi connectivity index (χ0v) is 11.4. The summed E-state index contributed by atoms with van der Waals surface area (Å²) in [7, 11) is 0. The van der Waals surface area contributed by atoms with Crippen molar-refractivity contribution < 1.29 is 0 Å². The van der Waals surface area contributed by atoms with Gasteiger partial charge in [0.2, 0.25) is 0 Å². The largest absolute Gasteiger partial charge is 0.256 e. The topological polar surface area (TPSA) is 51.6 Å². The molecule has 0 radical (unpaired) electrons. The molecule has 98 valence electrons. The van der Waals surface area contributed by atoms with Crippen LogP contribution in [0.1, 0.15) is 11.1 Å². The molecule has 0 unspecified atom stereocenters. The van der Waals surface area contributed by atoms with E-state index in [1.807, 2.05) is 50.5 Å². The molecule has 3 aromatic rings. The van der Waals surface area contributed by atoms with Crippen LogP contribution in [0.15, 0.2) is 49.1 Å². The Hall–Kier alpha value is -2.62. The quantitative estimate of drug-likeness (QED) is 0.711. The third kappa shape index (κ3) is 2.54. The van der Waals surface area contributed by atoms with E-state index >= 15 is 0 Å². The lowest BCUT2D eigenvalue weighted by atomic mass is 10.2. The fraction of sp³-hybridized carbons (Fsp3) is 0.125. The van der Waals surface area contributed by atoms with Crippen LogP contribution >= 0.6 is 0 Å². The molecule has 0 spiro atoms. The molecule has 3 aromatic heterocycles. The third-order valence-corrected chi connectivity index (χ3v) is 3.00. The molecule has 0 N–H and O–H groups in total. The van der Waals surface area contributed by atoms with Gasteiger partial charge in [-0.1, -0.05) is 12.1 Å². The molecule has 0 aliphatic rings. The minimum absolute atomic E-state index is 0.626. The van der Waals surface area contributed by atoms with Crippen molar-refractivity contribution >= 4 is 0 Å². The van der Waals surface area contributed by atoms with Gasteiger partial charge >= 0.3 is 0 Å². The van der Waals surface area contributed by atoms with E-state index in [1.54, 1.807) is 12.4 Å². The van der Waals surface area contributed by atoms with Gasteiger partial charge in [0, 0.05) is 30.4 Å². The maximum Gasteiger partial charge on any atom is 0.178 e. The molecule has 0 aromatic carbocycles. The molecule has 0 atom stereocenters. The first-order valence-corrected chi connectivity index (χ1v) is 6.40. The summed E-state index contributed by atoms with van der Waals surface area (Å²) in [6.45, 7) is 4.02. The second-order valence-electron chi connectivity index (χ2n) is 4.74. The minimum atomic E-state index is 0.626. The van der Waals surface area contributed by atoms with Crippen molar-refractivity contribution in [2.24, 2.45) is 0 Å². The minimum Gasteiger partial charge on any atom is -0.256 e. The number of pyridine rings is 2. The number of hydrogen-bond donors (Lipinski definition) is 0. The molecular weight excluding hydrogens is 248 g/mol. The highest BCUT2D eigenvalue weighted by Crippen LogP contribution is 2.17. The summed E-state index contributed by atoms with van der Waals surface area (Å²) in [6.07, 6.45) is 7.21. The molecule has 3 heterocycles. The molecule has 0 amide bonds. The van der Waals surface area contributed by atoms with Gasteiger partial charge in [0.25, 0.3) is 0 Å². The molecule has 0 saturated heterocycles. The molecule has 4 heteroatoms. The average molecular weight is 262 g/mol. The van der Waals surface area contributed by atoms with Gasteiger partial charge in [-0.05, 0) is 37.1 Å². The molecule has 0 fully saturated rings. The summed E-state index contributed by atoms with van der Waals surface area (Å²) in [4.78, 5) is 17.4. The lowest BCUT2D eigenvalue weighted by Gasteiger charge is -2.03. The Morgan fingerprint density at radius 1 is 0.600 bits per heavy atom. The van der Waals surface area contributed by atoms with Crippen LogP contribution in [-0.4, -0.2) is 19.9 Å². The van der Waals surface area contributed by atoms with E-state index in [0.29, 0.717) is 5.82 Å². The molecular formula is C16H14N4. The van der Waals surface area contributed by atoms with E-state index in [4.69, 9.17) is 0 Å². The Bertz CT molecular complexity index is 636. The van der Waals surface area contributed by atoms with Crippen LogP contribution < -0.4 is 0 Å². The predicted molar refractivity (Wildman–Crippen MR) is 78.0 cm³/mol. The van der Waals surface area contributed by atoms with Crippen LogP contribution in [0, 0.1) is 13.8 Å². The maximum atomic E-state index is 4.37. The van der Waals surface area contributed by atoms with E-state index in [0.717, 1.165) is 28.1 Å². The zero-order chi connectivity index (χ0) is 13.9. The zero-order valence-electron chi connectivity index (χ0n) is 11.4. The normalized spacial score (nSPS) is 10.5. The number of aryl methyl sites for hydroxylation is 2. The molecule has 0 bridgehead atoms. The van der Waals surface area contributed by atoms with Crippen LogP contribution in [0.5, 0.6) is 0 Å². The average Bonchev–Trinajstić information content (AvgIpc) is 2.49. The fourth-order valence-corrected chi connectivity index (χ4v) is 1.83. The summed E-state index contributed by atoms with van der Waals surface area (Å²) < 4.78 is 0. The van der Waals surface area contributed by atoms with Gasteiger partial charge in [0.05, 0.1) is 5.69 Å². The second-order valence-corrected chi connectivity index (χ2v) is 4.74. The number of aromatic nitrogens is 4. The first-order chi connectivity index (χ1) is 9.72. The Morgan fingerprint density at radius 3 is 1.65 bits per heavy atom. The lowest BCUT2D eigenvalue weighted by Crippen LogP contribution is -1.93. The molecule has 0 saturated carbocycles.